The molecule has 3 heteroatoms. The van der Waals surface area contributed by atoms with Gasteiger partial charge >= 0.3 is 0 Å². The van der Waals surface area contributed by atoms with E-state index in [1.165, 1.54) is 12.0 Å². The maximum atomic E-state index is 6.48. The first-order valence-electron chi connectivity index (χ1n) is 5.76. The van der Waals surface area contributed by atoms with Gasteiger partial charge in [0.2, 0.25) is 0 Å². The van der Waals surface area contributed by atoms with E-state index in [2.05, 4.69) is 24.1 Å². The minimum Gasteiger partial charge on any atom is -0.497 e. The molecule has 0 spiro atoms. The molecule has 2 N–H and O–H groups in total. The van der Waals surface area contributed by atoms with Crippen molar-refractivity contribution in [2.45, 2.75) is 18.4 Å². The van der Waals surface area contributed by atoms with Crippen molar-refractivity contribution in [1.29, 1.82) is 0 Å². The normalized spacial score (nSPS) is 26.7. The maximum absolute atomic E-state index is 6.48. The molecule has 0 amide bonds. The van der Waals surface area contributed by atoms with Crippen LogP contribution in [0.25, 0.3) is 0 Å². The topological polar surface area (TPSA) is 38.5 Å². The van der Waals surface area contributed by atoms with Crippen LogP contribution in [0.1, 0.15) is 18.4 Å². The van der Waals surface area contributed by atoms with Crippen molar-refractivity contribution in [1.82, 2.24) is 4.90 Å². The van der Waals surface area contributed by atoms with Crippen molar-refractivity contribution in [3.05, 3.63) is 29.8 Å². The van der Waals surface area contributed by atoms with Gasteiger partial charge in [0, 0.05) is 6.54 Å². The van der Waals surface area contributed by atoms with E-state index < -0.39 is 0 Å². The molecular formula is C13H20N2O. The summed E-state index contributed by atoms with van der Waals surface area (Å²) in [6.45, 7) is 2.08. The molecular weight excluding hydrogens is 200 g/mol. The second-order valence-corrected chi connectivity index (χ2v) is 4.73. The van der Waals surface area contributed by atoms with Gasteiger partial charge < -0.3 is 15.4 Å². The molecule has 16 heavy (non-hydrogen) atoms. The Balaban J connectivity index is 2.20. The number of nitrogens with zero attached hydrogens (tertiary/aromatic N) is 1. The average molecular weight is 220 g/mol. The van der Waals surface area contributed by atoms with E-state index in [9.17, 15) is 0 Å². The van der Waals surface area contributed by atoms with Crippen LogP contribution >= 0.6 is 0 Å². The quantitative estimate of drug-likeness (QED) is 0.822. The number of hydrogen-bond acceptors (Lipinski definition) is 3. The minimum absolute atomic E-state index is 0.195. The fourth-order valence-corrected chi connectivity index (χ4v) is 2.46. The van der Waals surface area contributed by atoms with Crippen LogP contribution in [0, 0.1) is 0 Å². The number of methoxy groups -OCH3 is 1. The van der Waals surface area contributed by atoms with Crippen LogP contribution in [-0.4, -0.2) is 32.1 Å². The summed E-state index contributed by atoms with van der Waals surface area (Å²) in [5.74, 6) is 0.886. The molecule has 0 bridgehead atoms. The molecule has 0 saturated carbocycles. The zero-order valence-corrected chi connectivity index (χ0v) is 10.1. The van der Waals surface area contributed by atoms with Crippen LogP contribution in [0.15, 0.2) is 24.3 Å². The smallest absolute Gasteiger partial charge is 0.118 e. The first-order valence-corrected chi connectivity index (χ1v) is 5.76. The first kappa shape index (κ1) is 11.4. The number of likely N-dealkylation sites (tertiary alicyclic amines) is 1. The summed E-state index contributed by atoms with van der Waals surface area (Å²) in [4.78, 5) is 2.30. The van der Waals surface area contributed by atoms with Gasteiger partial charge in [0.1, 0.15) is 5.75 Å². The molecule has 1 heterocycles. The summed E-state index contributed by atoms with van der Waals surface area (Å²) in [6, 6.07) is 8.13. The Morgan fingerprint density at radius 1 is 1.31 bits per heavy atom. The van der Waals surface area contributed by atoms with Gasteiger partial charge in [0.15, 0.2) is 0 Å². The standard InChI is InChI=1S/C13H20N2O/c1-15-9-3-8-13(14,10-15)11-4-6-12(16-2)7-5-11/h4-7H,3,8-10,14H2,1-2H3. The molecule has 1 saturated heterocycles. The molecule has 1 aromatic rings. The molecule has 1 aliphatic rings. The second kappa shape index (κ2) is 4.44. The fraction of sp³-hybridized carbons (Fsp3) is 0.538. The molecule has 1 unspecified atom stereocenters. The zero-order chi connectivity index (χ0) is 11.6. The molecule has 2 rings (SSSR count). The fourth-order valence-electron chi connectivity index (χ4n) is 2.46. The van der Waals surface area contributed by atoms with Crippen LogP contribution in [0.5, 0.6) is 5.75 Å². The third-order valence-corrected chi connectivity index (χ3v) is 3.38. The lowest BCUT2D eigenvalue weighted by Gasteiger charge is -2.39. The number of benzene rings is 1. The monoisotopic (exact) mass is 220 g/mol. The predicted molar refractivity (Wildman–Crippen MR) is 65.6 cm³/mol. The number of piperidine rings is 1. The molecule has 0 aromatic heterocycles. The first-order chi connectivity index (χ1) is 7.64. The number of ether oxygens (including phenoxy) is 1. The average Bonchev–Trinajstić information content (AvgIpc) is 2.29. The highest BCUT2D eigenvalue weighted by atomic mass is 16.5. The van der Waals surface area contributed by atoms with Gasteiger partial charge in [-0.05, 0) is 44.1 Å². The third kappa shape index (κ3) is 2.20. The second-order valence-electron chi connectivity index (χ2n) is 4.73. The molecule has 0 aliphatic carbocycles. The molecule has 1 fully saturated rings. The largest absolute Gasteiger partial charge is 0.497 e. The number of hydrogen-bond donors (Lipinski definition) is 1. The number of rotatable bonds is 2. The van der Waals surface area contributed by atoms with Crippen LogP contribution in [0.4, 0.5) is 0 Å². The summed E-state index contributed by atoms with van der Waals surface area (Å²) >= 11 is 0. The van der Waals surface area contributed by atoms with Crippen LogP contribution < -0.4 is 10.5 Å². The van der Waals surface area contributed by atoms with Gasteiger partial charge in [0.05, 0.1) is 12.6 Å². The van der Waals surface area contributed by atoms with Crippen molar-refractivity contribution in [2.24, 2.45) is 5.73 Å². The summed E-state index contributed by atoms with van der Waals surface area (Å²) in [7, 11) is 3.81. The number of nitrogens with two attached hydrogens (primary N) is 1. The minimum atomic E-state index is -0.195. The van der Waals surface area contributed by atoms with Crippen molar-refractivity contribution < 1.29 is 4.74 Å². The van der Waals surface area contributed by atoms with Crippen LogP contribution in [0.2, 0.25) is 0 Å². The Morgan fingerprint density at radius 2 is 2.00 bits per heavy atom. The van der Waals surface area contributed by atoms with Crippen molar-refractivity contribution >= 4 is 0 Å². The molecule has 0 radical (unpaired) electrons. The number of likely N-dealkylation sites (N-methyl/N-ethyl adjacent to an activating group) is 1. The van der Waals surface area contributed by atoms with E-state index in [-0.39, 0.29) is 5.54 Å². The van der Waals surface area contributed by atoms with E-state index in [1.807, 2.05) is 12.1 Å². The summed E-state index contributed by atoms with van der Waals surface area (Å²) in [5.41, 5.74) is 7.49. The van der Waals surface area contributed by atoms with Crippen molar-refractivity contribution in [3.8, 4) is 5.75 Å². The third-order valence-electron chi connectivity index (χ3n) is 3.38. The Kier molecular flexibility index (Phi) is 3.17. The highest BCUT2D eigenvalue weighted by molar-refractivity contribution is 5.32. The highest BCUT2D eigenvalue weighted by Crippen LogP contribution is 2.29. The van der Waals surface area contributed by atoms with E-state index in [0.29, 0.717) is 0 Å². The summed E-state index contributed by atoms with van der Waals surface area (Å²) in [6.07, 6.45) is 2.22. The van der Waals surface area contributed by atoms with E-state index in [1.54, 1.807) is 7.11 Å². The Labute approximate surface area is 97.2 Å². The summed E-state index contributed by atoms with van der Waals surface area (Å²) in [5, 5.41) is 0. The van der Waals surface area contributed by atoms with Gasteiger partial charge in [-0.3, -0.25) is 0 Å². The lowest BCUT2D eigenvalue weighted by atomic mass is 9.83. The van der Waals surface area contributed by atoms with Crippen molar-refractivity contribution in [3.63, 3.8) is 0 Å². The molecule has 1 aromatic carbocycles. The predicted octanol–water partition coefficient (Wildman–Crippen LogP) is 1.57. The SMILES string of the molecule is COc1ccc(C2(N)CCCN(C)C2)cc1. The van der Waals surface area contributed by atoms with E-state index in [4.69, 9.17) is 10.5 Å². The highest BCUT2D eigenvalue weighted by Gasteiger charge is 2.31. The van der Waals surface area contributed by atoms with E-state index >= 15 is 0 Å². The van der Waals surface area contributed by atoms with Gasteiger partial charge in [-0.1, -0.05) is 12.1 Å². The Bertz CT molecular complexity index is 349. The van der Waals surface area contributed by atoms with Crippen LogP contribution in [-0.2, 0) is 5.54 Å². The Morgan fingerprint density at radius 3 is 2.56 bits per heavy atom. The van der Waals surface area contributed by atoms with Gasteiger partial charge in [-0.25, -0.2) is 0 Å². The lowest BCUT2D eigenvalue weighted by Crippen LogP contribution is -2.50. The molecule has 88 valence electrons. The van der Waals surface area contributed by atoms with Gasteiger partial charge in [-0.2, -0.15) is 0 Å². The zero-order valence-electron chi connectivity index (χ0n) is 10.1. The Hall–Kier alpha value is -1.06. The lowest BCUT2D eigenvalue weighted by molar-refractivity contribution is 0.179. The molecule has 1 atom stereocenters. The van der Waals surface area contributed by atoms with Crippen molar-refractivity contribution in [2.75, 3.05) is 27.2 Å². The summed E-state index contributed by atoms with van der Waals surface area (Å²) < 4.78 is 5.16. The van der Waals surface area contributed by atoms with Gasteiger partial charge in [-0.15, -0.1) is 0 Å². The molecule has 3 nitrogen and oxygen atoms in total. The van der Waals surface area contributed by atoms with Gasteiger partial charge in [0.25, 0.3) is 0 Å². The maximum Gasteiger partial charge on any atom is 0.118 e. The van der Waals surface area contributed by atoms with Crippen LogP contribution in [0.3, 0.4) is 0 Å². The van der Waals surface area contributed by atoms with E-state index in [0.717, 1.165) is 25.3 Å². The molecule has 1 aliphatic heterocycles.